The third-order valence-corrected chi connectivity index (χ3v) is 4.95. The Hall–Kier alpha value is -1.13. The number of hydrogen-bond acceptors (Lipinski definition) is 3. The fourth-order valence-electron chi connectivity index (χ4n) is 2.70. The average Bonchev–Trinajstić information content (AvgIpc) is 2.50. The van der Waals surface area contributed by atoms with E-state index in [2.05, 4.69) is 18.7 Å². The lowest BCUT2D eigenvalue weighted by molar-refractivity contribution is 0.101. The second-order valence-electron chi connectivity index (χ2n) is 6.25. The Bertz CT molecular complexity index is 481. The van der Waals surface area contributed by atoms with Crippen LogP contribution in [0.3, 0.4) is 0 Å². The van der Waals surface area contributed by atoms with Gasteiger partial charge in [-0.1, -0.05) is 44.6 Å². The van der Waals surface area contributed by atoms with Crippen LogP contribution in [0.15, 0.2) is 24.3 Å². The molecule has 1 aliphatic rings. The van der Waals surface area contributed by atoms with Crippen molar-refractivity contribution in [2.75, 3.05) is 26.2 Å². The lowest BCUT2D eigenvalue weighted by Gasteiger charge is -2.38. The highest BCUT2D eigenvalue weighted by molar-refractivity contribution is 7.80. The summed E-state index contributed by atoms with van der Waals surface area (Å²) in [4.78, 5) is 2.91. The number of rotatable bonds is 6. The van der Waals surface area contributed by atoms with Crippen molar-refractivity contribution < 1.29 is 4.74 Å². The number of nitrogens with zero attached hydrogens (tertiary/aromatic N) is 1. The number of hydrogen-bond donors (Lipinski definition) is 1. The molecule has 1 fully saturated rings. The predicted molar refractivity (Wildman–Crippen MR) is 91.9 cm³/mol. The minimum atomic E-state index is 0.412. The molecule has 2 N–H and O–H groups in total. The van der Waals surface area contributed by atoms with Gasteiger partial charge in [-0.3, -0.25) is 4.90 Å². The number of likely N-dealkylation sites (tertiary alicyclic amines) is 1. The molecule has 1 aromatic carbocycles. The largest absolute Gasteiger partial charge is 0.492 e. The number of thiocarbonyl (C=S) groups is 1. The Labute approximate surface area is 133 Å². The van der Waals surface area contributed by atoms with E-state index in [1.807, 2.05) is 24.3 Å². The molecule has 4 heteroatoms. The SMILES string of the molecule is CCC1(C)CCN(CCOc2cccc(C(N)=S)c2)CC1. The average molecular weight is 306 g/mol. The van der Waals surface area contributed by atoms with Gasteiger partial charge in [0.05, 0.1) is 0 Å². The van der Waals surface area contributed by atoms with E-state index in [-0.39, 0.29) is 0 Å². The normalized spacial score (nSPS) is 18.4. The summed E-state index contributed by atoms with van der Waals surface area (Å²) in [7, 11) is 0. The van der Waals surface area contributed by atoms with Gasteiger partial charge in [-0.15, -0.1) is 0 Å². The molecule has 1 aromatic rings. The van der Waals surface area contributed by atoms with Crippen molar-refractivity contribution in [1.29, 1.82) is 0 Å². The zero-order valence-electron chi connectivity index (χ0n) is 13.1. The van der Waals surface area contributed by atoms with Gasteiger partial charge in [0.2, 0.25) is 0 Å². The van der Waals surface area contributed by atoms with Crippen LogP contribution >= 0.6 is 12.2 Å². The molecular weight excluding hydrogens is 280 g/mol. The fraction of sp³-hybridized carbons (Fsp3) is 0.588. The van der Waals surface area contributed by atoms with Gasteiger partial charge in [0.15, 0.2) is 0 Å². The molecule has 3 nitrogen and oxygen atoms in total. The summed E-state index contributed by atoms with van der Waals surface area (Å²) in [5.74, 6) is 0.843. The van der Waals surface area contributed by atoms with Crippen LogP contribution in [0.4, 0.5) is 0 Å². The van der Waals surface area contributed by atoms with Gasteiger partial charge >= 0.3 is 0 Å². The summed E-state index contributed by atoms with van der Waals surface area (Å²) in [6, 6.07) is 7.70. The van der Waals surface area contributed by atoms with Crippen molar-refractivity contribution in [3.63, 3.8) is 0 Å². The number of piperidine rings is 1. The molecule has 2 rings (SSSR count). The monoisotopic (exact) mass is 306 g/mol. The van der Waals surface area contributed by atoms with Gasteiger partial charge in [-0.05, 0) is 43.5 Å². The number of benzene rings is 1. The summed E-state index contributed by atoms with van der Waals surface area (Å²) in [6.45, 7) is 8.76. The van der Waals surface area contributed by atoms with Crippen molar-refractivity contribution in [3.8, 4) is 5.75 Å². The maximum Gasteiger partial charge on any atom is 0.120 e. The van der Waals surface area contributed by atoms with Crippen molar-refractivity contribution in [2.24, 2.45) is 11.1 Å². The molecule has 0 radical (unpaired) electrons. The Morgan fingerprint density at radius 3 is 2.71 bits per heavy atom. The molecule has 21 heavy (non-hydrogen) atoms. The van der Waals surface area contributed by atoms with Crippen LogP contribution in [-0.2, 0) is 0 Å². The lowest BCUT2D eigenvalue weighted by atomic mass is 9.78. The number of nitrogens with two attached hydrogens (primary N) is 1. The Morgan fingerprint density at radius 1 is 1.38 bits per heavy atom. The van der Waals surface area contributed by atoms with Crippen LogP contribution < -0.4 is 10.5 Å². The van der Waals surface area contributed by atoms with E-state index in [1.54, 1.807) is 0 Å². The molecule has 0 unspecified atom stereocenters. The van der Waals surface area contributed by atoms with Gasteiger partial charge in [0, 0.05) is 12.1 Å². The van der Waals surface area contributed by atoms with Crippen LogP contribution in [0.5, 0.6) is 5.75 Å². The lowest BCUT2D eigenvalue weighted by Crippen LogP contribution is -2.40. The highest BCUT2D eigenvalue weighted by atomic mass is 32.1. The molecular formula is C17H26N2OS. The van der Waals surface area contributed by atoms with Gasteiger partial charge in [0.1, 0.15) is 17.3 Å². The summed E-state index contributed by atoms with van der Waals surface area (Å²) >= 11 is 4.98. The van der Waals surface area contributed by atoms with E-state index in [0.29, 0.717) is 17.0 Å². The predicted octanol–water partition coefficient (Wildman–Crippen LogP) is 3.21. The van der Waals surface area contributed by atoms with Crippen molar-refractivity contribution in [2.45, 2.75) is 33.1 Å². The highest BCUT2D eigenvalue weighted by Crippen LogP contribution is 2.33. The zero-order chi connectivity index (χ0) is 15.3. The van der Waals surface area contributed by atoms with Gasteiger partial charge < -0.3 is 10.5 Å². The zero-order valence-corrected chi connectivity index (χ0v) is 13.9. The first kappa shape index (κ1) is 16.2. The Morgan fingerprint density at radius 2 is 2.10 bits per heavy atom. The molecule has 0 amide bonds. The summed E-state index contributed by atoms with van der Waals surface area (Å²) in [5.41, 5.74) is 7.04. The molecule has 116 valence electrons. The molecule has 1 saturated heterocycles. The summed E-state index contributed by atoms with van der Waals surface area (Å²) in [6.07, 6.45) is 3.87. The molecule has 1 aliphatic heterocycles. The first-order valence-electron chi connectivity index (χ1n) is 7.77. The molecule has 0 aromatic heterocycles. The second kappa shape index (κ2) is 7.23. The third kappa shape index (κ3) is 4.68. The topological polar surface area (TPSA) is 38.5 Å². The quantitative estimate of drug-likeness (QED) is 0.819. The Kier molecular flexibility index (Phi) is 5.59. The summed E-state index contributed by atoms with van der Waals surface area (Å²) in [5, 5.41) is 0. The molecule has 0 bridgehead atoms. The molecule has 0 spiro atoms. The van der Waals surface area contributed by atoms with Crippen LogP contribution in [0.25, 0.3) is 0 Å². The van der Waals surface area contributed by atoms with Gasteiger partial charge in [0.25, 0.3) is 0 Å². The fourth-order valence-corrected chi connectivity index (χ4v) is 2.83. The van der Waals surface area contributed by atoms with Crippen LogP contribution in [0.2, 0.25) is 0 Å². The van der Waals surface area contributed by atoms with Crippen LogP contribution in [-0.4, -0.2) is 36.1 Å². The molecule has 1 heterocycles. The van der Waals surface area contributed by atoms with E-state index in [0.717, 1.165) is 17.9 Å². The van der Waals surface area contributed by atoms with E-state index in [4.69, 9.17) is 22.7 Å². The maximum absolute atomic E-state index is 5.82. The van der Waals surface area contributed by atoms with Crippen molar-refractivity contribution in [3.05, 3.63) is 29.8 Å². The second-order valence-corrected chi connectivity index (χ2v) is 6.69. The smallest absolute Gasteiger partial charge is 0.120 e. The van der Waals surface area contributed by atoms with E-state index < -0.39 is 0 Å². The maximum atomic E-state index is 5.82. The first-order chi connectivity index (χ1) is 10.0. The van der Waals surface area contributed by atoms with Crippen molar-refractivity contribution >= 4 is 17.2 Å². The van der Waals surface area contributed by atoms with Crippen LogP contribution in [0.1, 0.15) is 38.7 Å². The minimum absolute atomic E-state index is 0.412. The number of ether oxygens (including phenoxy) is 1. The summed E-state index contributed by atoms with van der Waals surface area (Å²) < 4.78 is 5.82. The van der Waals surface area contributed by atoms with Crippen LogP contribution in [0, 0.1) is 5.41 Å². The molecule has 0 aliphatic carbocycles. The highest BCUT2D eigenvalue weighted by Gasteiger charge is 2.27. The third-order valence-electron chi connectivity index (χ3n) is 4.71. The van der Waals surface area contributed by atoms with E-state index in [1.165, 1.54) is 32.4 Å². The first-order valence-corrected chi connectivity index (χ1v) is 8.18. The van der Waals surface area contributed by atoms with Crippen molar-refractivity contribution in [1.82, 2.24) is 4.90 Å². The van der Waals surface area contributed by atoms with E-state index in [9.17, 15) is 0 Å². The molecule has 0 saturated carbocycles. The van der Waals surface area contributed by atoms with E-state index >= 15 is 0 Å². The Balaban J connectivity index is 1.75. The standard InChI is InChI=1S/C17H26N2OS/c1-3-17(2)7-9-19(10-8-17)11-12-20-15-6-4-5-14(13-15)16(18)21/h4-6,13H,3,7-12H2,1-2H3,(H2,18,21). The van der Waals surface area contributed by atoms with Gasteiger partial charge in [-0.2, -0.15) is 0 Å². The van der Waals surface area contributed by atoms with Gasteiger partial charge in [-0.25, -0.2) is 0 Å². The minimum Gasteiger partial charge on any atom is -0.492 e. The molecule has 0 atom stereocenters.